The molecule has 4 nitrogen and oxygen atoms in total. The number of aliphatic hydroxyl groups excluding tert-OH is 1. The lowest BCUT2D eigenvalue weighted by Gasteiger charge is -2.23. The second kappa shape index (κ2) is 7.75. The van der Waals surface area contributed by atoms with Crippen LogP contribution >= 0.6 is 11.8 Å². The van der Waals surface area contributed by atoms with Gasteiger partial charge in [0.25, 0.3) is 0 Å². The molecule has 1 rings (SSSR count). The number of thioether (sulfide) groups is 1. The number of nitrogens with one attached hydrogen (secondary N) is 1. The lowest BCUT2D eigenvalue weighted by atomic mass is 10.1. The number of benzene rings is 1. The van der Waals surface area contributed by atoms with Crippen molar-refractivity contribution in [2.45, 2.75) is 18.6 Å². The van der Waals surface area contributed by atoms with E-state index in [4.69, 9.17) is 4.74 Å². The maximum Gasteiger partial charge on any atom is 0.119 e. The van der Waals surface area contributed by atoms with E-state index < -0.39 is 11.7 Å². The molecule has 0 fully saturated rings. The van der Waals surface area contributed by atoms with Crippen LogP contribution in [-0.4, -0.2) is 48.0 Å². The molecular formula is C14H23NO3S. The average molecular weight is 285 g/mol. The molecule has 2 atom stereocenters. The third-order valence-electron chi connectivity index (χ3n) is 2.78. The van der Waals surface area contributed by atoms with Crippen LogP contribution in [0, 0.1) is 0 Å². The van der Waals surface area contributed by atoms with Gasteiger partial charge >= 0.3 is 0 Å². The van der Waals surface area contributed by atoms with E-state index in [0.29, 0.717) is 18.8 Å². The van der Waals surface area contributed by atoms with E-state index in [1.54, 1.807) is 25.8 Å². The molecule has 0 aliphatic heterocycles. The minimum atomic E-state index is -0.756. The van der Waals surface area contributed by atoms with Gasteiger partial charge in [0.05, 0.1) is 18.8 Å². The number of rotatable bonds is 8. The van der Waals surface area contributed by atoms with E-state index in [1.165, 1.54) is 0 Å². The minimum absolute atomic E-state index is 0.400. The summed E-state index contributed by atoms with van der Waals surface area (Å²) in [6, 6.07) is 7.36. The van der Waals surface area contributed by atoms with E-state index in [0.717, 1.165) is 11.3 Å². The SMILES string of the molecule is COc1cccc(C(O)CNCC(C)(O)CSC)c1. The molecule has 0 amide bonds. The van der Waals surface area contributed by atoms with Crippen LogP contribution in [-0.2, 0) is 0 Å². The molecule has 0 saturated heterocycles. The lowest BCUT2D eigenvalue weighted by molar-refractivity contribution is 0.0786. The fourth-order valence-corrected chi connectivity index (χ4v) is 2.53. The maximum atomic E-state index is 10.1. The van der Waals surface area contributed by atoms with Gasteiger partial charge in [-0.15, -0.1) is 0 Å². The van der Waals surface area contributed by atoms with Crippen LogP contribution in [0.2, 0.25) is 0 Å². The summed E-state index contributed by atoms with van der Waals surface area (Å²) in [6.45, 7) is 2.64. The maximum absolute atomic E-state index is 10.1. The van der Waals surface area contributed by atoms with Crippen LogP contribution in [0.25, 0.3) is 0 Å². The van der Waals surface area contributed by atoms with Gasteiger partial charge < -0.3 is 20.3 Å². The quantitative estimate of drug-likeness (QED) is 0.674. The first-order chi connectivity index (χ1) is 8.98. The molecule has 19 heavy (non-hydrogen) atoms. The van der Waals surface area contributed by atoms with E-state index in [1.807, 2.05) is 30.5 Å². The van der Waals surface area contributed by atoms with Crippen molar-refractivity contribution >= 4 is 11.8 Å². The summed E-state index contributed by atoms with van der Waals surface area (Å²) in [5.41, 5.74) is 0.0458. The standard InChI is InChI=1S/C14H23NO3S/c1-14(17,10-19-3)9-15-8-13(16)11-5-4-6-12(7-11)18-2/h4-7,13,15-17H,8-10H2,1-3H3. The fourth-order valence-electron chi connectivity index (χ4n) is 1.81. The zero-order valence-electron chi connectivity index (χ0n) is 11.7. The van der Waals surface area contributed by atoms with Gasteiger partial charge in [-0.1, -0.05) is 12.1 Å². The molecule has 5 heteroatoms. The fraction of sp³-hybridized carbons (Fsp3) is 0.571. The number of methoxy groups -OCH3 is 1. The Morgan fingerprint density at radius 1 is 1.47 bits per heavy atom. The molecule has 0 aliphatic rings. The van der Waals surface area contributed by atoms with Crippen LogP contribution in [0.15, 0.2) is 24.3 Å². The summed E-state index contributed by atoms with van der Waals surface area (Å²) in [4.78, 5) is 0. The van der Waals surface area contributed by atoms with Crippen molar-refractivity contribution in [3.8, 4) is 5.75 Å². The first-order valence-electron chi connectivity index (χ1n) is 6.22. The Morgan fingerprint density at radius 3 is 2.84 bits per heavy atom. The highest BCUT2D eigenvalue weighted by molar-refractivity contribution is 7.98. The van der Waals surface area contributed by atoms with Crippen molar-refractivity contribution in [3.63, 3.8) is 0 Å². The summed E-state index contributed by atoms with van der Waals surface area (Å²) in [7, 11) is 1.60. The van der Waals surface area contributed by atoms with Crippen molar-refractivity contribution in [2.24, 2.45) is 0 Å². The summed E-state index contributed by atoms with van der Waals surface area (Å²) in [5, 5.41) is 23.1. The number of hydrogen-bond acceptors (Lipinski definition) is 5. The normalized spacial score (nSPS) is 15.8. The molecule has 1 aromatic carbocycles. The van der Waals surface area contributed by atoms with Gasteiger partial charge in [0.15, 0.2) is 0 Å². The van der Waals surface area contributed by atoms with Gasteiger partial charge in [-0.3, -0.25) is 0 Å². The molecule has 0 saturated carbocycles. The first kappa shape index (κ1) is 16.3. The largest absolute Gasteiger partial charge is 0.497 e. The smallest absolute Gasteiger partial charge is 0.119 e. The van der Waals surface area contributed by atoms with Gasteiger partial charge in [-0.2, -0.15) is 11.8 Å². The van der Waals surface area contributed by atoms with Gasteiger partial charge in [0.1, 0.15) is 5.75 Å². The summed E-state index contributed by atoms with van der Waals surface area (Å²) in [5.74, 6) is 1.39. The summed E-state index contributed by atoms with van der Waals surface area (Å²) >= 11 is 1.60. The molecular weight excluding hydrogens is 262 g/mol. The molecule has 0 aliphatic carbocycles. The van der Waals surface area contributed by atoms with Crippen LogP contribution in [0.3, 0.4) is 0 Å². The highest BCUT2D eigenvalue weighted by Crippen LogP contribution is 2.18. The zero-order chi connectivity index (χ0) is 14.3. The second-order valence-corrected chi connectivity index (χ2v) is 5.72. The van der Waals surface area contributed by atoms with Crippen LogP contribution in [0.5, 0.6) is 5.75 Å². The monoisotopic (exact) mass is 285 g/mol. The summed E-state index contributed by atoms with van der Waals surface area (Å²) in [6.07, 6.45) is 1.35. The van der Waals surface area contributed by atoms with E-state index in [9.17, 15) is 10.2 Å². The Kier molecular flexibility index (Phi) is 6.65. The molecule has 1 aromatic rings. The predicted molar refractivity (Wildman–Crippen MR) is 79.8 cm³/mol. The van der Waals surface area contributed by atoms with Crippen LogP contribution in [0.4, 0.5) is 0 Å². The molecule has 0 spiro atoms. The molecule has 0 radical (unpaired) electrons. The van der Waals surface area contributed by atoms with Gasteiger partial charge in [0, 0.05) is 18.8 Å². The number of hydrogen-bond donors (Lipinski definition) is 3. The topological polar surface area (TPSA) is 61.7 Å². The highest BCUT2D eigenvalue weighted by atomic mass is 32.2. The van der Waals surface area contributed by atoms with Gasteiger partial charge in [-0.25, -0.2) is 0 Å². The van der Waals surface area contributed by atoms with Crippen molar-refractivity contribution in [1.82, 2.24) is 5.32 Å². The Balaban J connectivity index is 2.44. The van der Waals surface area contributed by atoms with Crippen LogP contribution < -0.4 is 10.1 Å². The average Bonchev–Trinajstić information content (AvgIpc) is 2.38. The Labute approximate surface area is 119 Å². The number of aliphatic hydroxyl groups is 2. The molecule has 2 unspecified atom stereocenters. The molecule has 108 valence electrons. The van der Waals surface area contributed by atoms with Gasteiger partial charge in [-0.05, 0) is 30.9 Å². The van der Waals surface area contributed by atoms with Crippen LogP contribution in [0.1, 0.15) is 18.6 Å². The number of ether oxygens (including phenoxy) is 1. The highest BCUT2D eigenvalue weighted by Gasteiger charge is 2.19. The Morgan fingerprint density at radius 2 is 2.21 bits per heavy atom. The predicted octanol–water partition coefficient (Wildman–Crippen LogP) is 1.43. The molecule has 0 bridgehead atoms. The molecule has 3 N–H and O–H groups in total. The van der Waals surface area contributed by atoms with Crippen molar-refractivity contribution in [3.05, 3.63) is 29.8 Å². The van der Waals surface area contributed by atoms with E-state index >= 15 is 0 Å². The van der Waals surface area contributed by atoms with Gasteiger partial charge in [0.2, 0.25) is 0 Å². The second-order valence-electron chi connectivity index (χ2n) is 4.85. The third-order valence-corrected chi connectivity index (χ3v) is 3.69. The summed E-state index contributed by atoms with van der Waals surface area (Å²) < 4.78 is 5.12. The van der Waals surface area contributed by atoms with E-state index in [2.05, 4.69) is 5.32 Å². The minimum Gasteiger partial charge on any atom is -0.497 e. The van der Waals surface area contributed by atoms with Crippen molar-refractivity contribution in [2.75, 3.05) is 32.2 Å². The molecule has 0 aromatic heterocycles. The molecule has 0 heterocycles. The Hall–Kier alpha value is -0.750. The third kappa shape index (κ3) is 5.82. The van der Waals surface area contributed by atoms with E-state index in [-0.39, 0.29) is 0 Å². The van der Waals surface area contributed by atoms with Crippen molar-refractivity contribution < 1.29 is 14.9 Å². The van der Waals surface area contributed by atoms with Crippen molar-refractivity contribution in [1.29, 1.82) is 0 Å². The Bertz CT molecular complexity index is 385. The lowest BCUT2D eigenvalue weighted by Crippen LogP contribution is -2.41. The first-order valence-corrected chi connectivity index (χ1v) is 7.62. The zero-order valence-corrected chi connectivity index (χ0v) is 12.5.